The molecule has 4 heterocycles. The maximum Gasteiger partial charge on any atom is 0.182 e. The normalized spacial score (nSPS) is 11.6. The van der Waals surface area contributed by atoms with Crippen LogP contribution in [0.25, 0.3) is 27.8 Å². The zero-order valence-corrected chi connectivity index (χ0v) is 22.9. The van der Waals surface area contributed by atoms with Gasteiger partial charge < -0.3 is 13.8 Å². The molecule has 0 radical (unpaired) electrons. The molecule has 4 aromatic heterocycles. The number of nitrogens with one attached hydrogen (secondary N) is 1. The number of fused-ring (bicyclic) bond motifs is 2. The fourth-order valence-electron chi connectivity index (χ4n) is 4.80. The van der Waals surface area contributed by atoms with E-state index in [1.165, 1.54) is 11.9 Å². The lowest BCUT2D eigenvalue weighted by atomic mass is 10.2. The molecule has 6 rings (SSSR count). The summed E-state index contributed by atoms with van der Waals surface area (Å²) in [6.45, 7) is 10.8. The number of imidazole rings is 1. The summed E-state index contributed by atoms with van der Waals surface area (Å²) in [5.41, 5.74) is 8.02. The third-order valence-corrected chi connectivity index (χ3v) is 7.76. The molecule has 0 atom stereocenters. The average molecular weight is 524 g/mol. The van der Waals surface area contributed by atoms with E-state index < -0.39 is 0 Å². The number of benzene rings is 2. The molecule has 9 heteroatoms. The van der Waals surface area contributed by atoms with Crippen LogP contribution in [-0.2, 0) is 13.0 Å². The van der Waals surface area contributed by atoms with Crippen molar-refractivity contribution < 1.29 is 4.52 Å². The lowest BCUT2D eigenvalue weighted by Crippen LogP contribution is -2.07. The predicted octanol–water partition coefficient (Wildman–Crippen LogP) is 6.72. The molecule has 2 aromatic carbocycles. The summed E-state index contributed by atoms with van der Waals surface area (Å²) in [7, 11) is 0. The van der Waals surface area contributed by atoms with Gasteiger partial charge >= 0.3 is 0 Å². The Morgan fingerprint density at radius 1 is 0.974 bits per heavy atom. The first kappa shape index (κ1) is 24.2. The van der Waals surface area contributed by atoms with E-state index in [9.17, 15) is 0 Å². The van der Waals surface area contributed by atoms with Crippen molar-refractivity contribution in [1.29, 1.82) is 0 Å². The zero-order valence-electron chi connectivity index (χ0n) is 22.1. The molecule has 192 valence electrons. The summed E-state index contributed by atoms with van der Waals surface area (Å²) in [5.74, 6) is 2.55. The lowest BCUT2D eigenvalue weighted by molar-refractivity contribution is 0.399. The second-order valence-corrected chi connectivity index (χ2v) is 10.3. The minimum atomic E-state index is 0.591. The van der Waals surface area contributed by atoms with E-state index in [2.05, 4.69) is 70.8 Å². The van der Waals surface area contributed by atoms with E-state index in [1.54, 1.807) is 0 Å². The highest BCUT2D eigenvalue weighted by Gasteiger charge is 2.19. The molecule has 0 saturated heterocycles. The fraction of sp³-hybridized carbons (Fsp3) is 0.241. The Hall–Kier alpha value is -4.11. The minimum absolute atomic E-state index is 0.591. The van der Waals surface area contributed by atoms with Crippen LogP contribution in [0, 0.1) is 27.7 Å². The van der Waals surface area contributed by atoms with E-state index in [0.717, 1.165) is 79.0 Å². The molecule has 0 aliphatic carbocycles. The highest BCUT2D eigenvalue weighted by molar-refractivity contribution is 8.00. The molecule has 0 fully saturated rings. The van der Waals surface area contributed by atoms with E-state index in [-0.39, 0.29) is 0 Å². The van der Waals surface area contributed by atoms with Crippen LogP contribution < -0.4 is 4.72 Å². The molecule has 0 aliphatic heterocycles. The minimum Gasteiger partial charge on any atom is -0.359 e. The van der Waals surface area contributed by atoms with Gasteiger partial charge in [-0.05, 0) is 69.5 Å². The standard InChI is InChI=1S/C29H29N7OS/c1-6-26-31-27-17(2)15-18(3)30-29(27)35(26)16-22-21-11-7-8-12-23(21)36(32-22)24-13-9-10-14-25(24)38-34-28-19(4)20(5)37-33-28/h7-15H,6,16H2,1-5H3,(H,33,34). The van der Waals surface area contributed by atoms with Gasteiger partial charge in [-0.1, -0.05) is 42.4 Å². The van der Waals surface area contributed by atoms with Gasteiger partial charge in [-0.15, -0.1) is 0 Å². The summed E-state index contributed by atoms with van der Waals surface area (Å²) in [5, 5.41) is 10.4. The Kier molecular flexibility index (Phi) is 6.15. The SMILES string of the molecule is CCc1nc2c(C)cc(C)nc2n1Cc1nn(-c2ccccc2SNc2noc(C)c2C)c2ccccc12. The number of hydrogen-bond donors (Lipinski definition) is 1. The summed E-state index contributed by atoms with van der Waals surface area (Å²) in [4.78, 5) is 10.8. The Bertz CT molecular complexity index is 1800. The highest BCUT2D eigenvalue weighted by Crippen LogP contribution is 2.32. The summed E-state index contributed by atoms with van der Waals surface area (Å²) < 4.78 is 12.9. The number of pyridine rings is 1. The number of aromatic nitrogens is 6. The largest absolute Gasteiger partial charge is 0.359 e. The molecule has 0 aliphatic rings. The molecule has 0 spiro atoms. The van der Waals surface area contributed by atoms with Crippen LogP contribution in [0.15, 0.2) is 64.0 Å². The summed E-state index contributed by atoms with van der Waals surface area (Å²) in [6.07, 6.45) is 0.819. The van der Waals surface area contributed by atoms with Crippen LogP contribution in [0.5, 0.6) is 0 Å². The van der Waals surface area contributed by atoms with Crippen LogP contribution in [-0.4, -0.2) is 29.5 Å². The van der Waals surface area contributed by atoms with Gasteiger partial charge in [0.2, 0.25) is 0 Å². The number of anilines is 1. The molecule has 0 unspecified atom stereocenters. The molecule has 38 heavy (non-hydrogen) atoms. The quantitative estimate of drug-likeness (QED) is 0.232. The van der Waals surface area contributed by atoms with Gasteiger partial charge in [0.1, 0.15) is 17.1 Å². The molecule has 0 saturated carbocycles. The Morgan fingerprint density at radius 3 is 2.55 bits per heavy atom. The maximum atomic E-state index is 5.32. The summed E-state index contributed by atoms with van der Waals surface area (Å²) >= 11 is 1.50. The Morgan fingerprint density at radius 2 is 1.76 bits per heavy atom. The van der Waals surface area contributed by atoms with Crippen LogP contribution in [0.4, 0.5) is 5.82 Å². The number of aryl methyl sites for hydroxylation is 4. The van der Waals surface area contributed by atoms with Crippen molar-refractivity contribution in [3.8, 4) is 5.69 Å². The van der Waals surface area contributed by atoms with Gasteiger partial charge in [0.05, 0.1) is 28.3 Å². The molecular weight excluding hydrogens is 494 g/mol. The zero-order chi connectivity index (χ0) is 26.4. The third kappa shape index (κ3) is 4.12. The van der Waals surface area contributed by atoms with Gasteiger partial charge in [-0.25, -0.2) is 14.6 Å². The molecule has 0 amide bonds. The van der Waals surface area contributed by atoms with Crippen molar-refractivity contribution in [3.63, 3.8) is 0 Å². The molecule has 6 aromatic rings. The van der Waals surface area contributed by atoms with E-state index >= 15 is 0 Å². The Balaban J connectivity index is 1.43. The average Bonchev–Trinajstić information content (AvgIpc) is 3.57. The van der Waals surface area contributed by atoms with E-state index in [1.807, 2.05) is 37.6 Å². The highest BCUT2D eigenvalue weighted by atomic mass is 32.2. The van der Waals surface area contributed by atoms with Crippen molar-refractivity contribution in [3.05, 3.63) is 88.7 Å². The van der Waals surface area contributed by atoms with E-state index in [4.69, 9.17) is 19.6 Å². The van der Waals surface area contributed by atoms with E-state index in [0.29, 0.717) is 6.54 Å². The van der Waals surface area contributed by atoms with Crippen LogP contribution in [0.2, 0.25) is 0 Å². The van der Waals surface area contributed by atoms with Crippen molar-refractivity contribution in [2.45, 2.75) is 52.5 Å². The fourth-order valence-corrected chi connectivity index (χ4v) is 5.60. The topological polar surface area (TPSA) is 86.6 Å². The first-order valence-corrected chi connectivity index (χ1v) is 13.5. The van der Waals surface area contributed by atoms with Crippen molar-refractivity contribution in [2.75, 3.05) is 4.72 Å². The number of hydrogen-bond acceptors (Lipinski definition) is 7. The maximum absolute atomic E-state index is 5.32. The smallest absolute Gasteiger partial charge is 0.182 e. The second-order valence-electron chi connectivity index (χ2n) is 9.48. The van der Waals surface area contributed by atoms with Crippen molar-refractivity contribution in [2.24, 2.45) is 0 Å². The Labute approximate surface area is 225 Å². The van der Waals surface area contributed by atoms with Gasteiger partial charge in [-0.3, -0.25) is 0 Å². The monoisotopic (exact) mass is 523 g/mol. The second kappa shape index (κ2) is 9.64. The molecule has 0 bridgehead atoms. The number of rotatable bonds is 7. The summed E-state index contributed by atoms with van der Waals surface area (Å²) in [6, 6.07) is 18.7. The van der Waals surface area contributed by atoms with Gasteiger partial charge in [-0.2, -0.15) is 5.10 Å². The van der Waals surface area contributed by atoms with Crippen LogP contribution >= 0.6 is 11.9 Å². The first-order valence-electron chi connectivity index (χ1n) is 12.7. The molecule has 1 N–H and O–H groups in total. The van der Waals surface area contributed by atoms with Crippen molar-refractivity contribution >= 4 is 39.8 Å². The molecular formula is C29H29N7OS. The van der Waals surface area contributed by atoms with Crippen LogP contribution in [0.3, 0.4) is 0 Å². The van der Waals surface area contributed by atoms with Crippen molar-refractivity contribution in [1.82, 2.24) is 29.5 Å². The molecule has 8 nitrogen and oxygen atoms in total. The lowest BCUT2D eigenvalue weighted by Gasteiger charge is -2.10. The predicted molar refractivity (Wildman–Crippen MR) is 152 cm³/mol. The van der Waals surface area contributed by atoms with Crippen LogP contribution in [0.1, 0.15) is 41.0 Å². The number of para-hydroxylation sites is 2. The first-order chi connectivity index (χ1) is 18.4. The van der Waals surface area contributed by atoms with Gasteiger partial charge in [0, 0.05) is 23.1 Å². The number of nitrogens with zero attached hydrogens (tertiary/aromatic N) is 6. The van der Waals surface area contributed by atoms with Gasteiger partial charge in [0.15, 0.2) is 11.5 Å². The third-order valence-electron chi connectivity index (χ3n) is 6.90. The van der Waals surface area contributed by atoms with Gasteiger partial charge in [0.25, 0.3) is 0 Å².